The van der Waals surface area contributed by atoms with Crippen molar-refractivity contribution in [3.63, 3.8) is 0 Å². The van der Waals surface area contributed by atoms with E-state index in [0.29, 0.717) is 12.3 Å². The molecule has 0 unspecified atom stereocenters. The Labute approximate surface area is 111 Å². The first-order valence-corrected chi connectivity index (χ1v) is 6.19. The number of carbonyl (C=O) groups is 2. The molecule has 1 aromatic rings. The van der Waals surface area contributed by atoms with Gasteiger partial charge in [0.1, 0.15) is 5.75 Å². The Hall–Kier alpha value is -2.08. The fourth-order valence-electron chi connectivity index (χ4n) is 1.48. The summed E-state index contributed by atoms with van der Waals surface area (Å²) >= 11 is 0. The number of hydrogen-bond acceptors (Lipinski definition) is 4. The van der Waals surface area contributed by atoms with Crippen molar-refractivity contribution >= 4 is 11.9 Å². The monoisotopic (exact) mass is 263 g/mol. The molecule has 4 N–H and O–H groups in total. The third kappa shape index (κ3) is 4.59. The number of carbonyl (C=O) groups excluding carboxylic acids is 2. The summed E-state index contributed by atoms with van der Waals surface area (Å²) < 4.78 is 5.26. The van der Waals surface area contributed by atoms with E-state index in [1.807, 2.05) is 12.1 Å². The first-order valence-electron chi connectivity index (χ1n) is 6.19. The highest BCUT2D eigenvalue weighted by Crippen LogP contribution is 2.18. The lowest BCUT2D eigenvalue weighted by Gasteiger charge is -2.07. The number of imide groups is 1. The minimum Gasteiger partial charge on any atom is -0.484 e. The Kier molecular flexibility index (Phi) is 4.35. The lowest BCUT2D eigenvalue weighted by molar-refractivity contribution is -0.122. The van der Waals surface area contributed by atoms with E-state index in [2.05, 4.69) is 10.6 Å². The topological polar surface area (TPSA) is 93.4 Å². The van der Waals surface area contributed by atoms with Crippen LogP contribution in [0.4, 0.5) is 4.79 Å². The summed E-state index contributed by atoms with van der Waals surface area (Å²) in [6.07, 6.45) is 1.96. The second-order valence-electron chi connectivity index (χ2n) is 4.43. The van der Waals surface area contributed by atoms with E-state index >= 15 is 0 Å². The summed E-state index contributed by atoms with van der Waals surface area (Å²) in [5.41, 5.74) is 6.46. The fourth-order valence-corrected chi connectivity index (χ4v) is 1.48. The zero-order chi connectivity index (χ0) is 13.7. The van der Waals surface area contributed by atoms with Crippen molar-refractivity contribution in [2.45, 2.75) is 25.4 Å². The van der Waals surface area contributed by atoms with Crippen molar-refractivity contribution in [2.75, 3.05) is 6.61 Å². The predicted molar refractivity (Wildman–Crippen MR) is 69.5 cm³/mol. The molecule has 1 fully saturated rings. The number of ether oxygens (including phenoxy) is 1. The first-order chi connectivity index (χ1) is 9.17. The SMILES string of the molecule is NCc1ccc(OCC(=O)NC(=O)NC2CC2)cc1. The number of hydrogen-bond donors (Lipinski definition) is 3. The summed E-state index contributed by atoms with van der Waals surface area (Å²) in [4.78, 5) is 22.7. The van der Waals surface area contributed by atoms with Gasteiger partial charge in [-0.25, -0.2) is 4.79 Å². The van der Waals surface area contributed by atoms with Crippen molar-refractivity contribution in [1.82, 2.24) is 10.6 Å². The van der Waals surface area contributed by atoms with Crippen LogP contribution in [0.25, 0.3) is 0 Å². The van der Waals surface area contributed by atoms with Gasteiger partial charge in [-0.3, -0.25) is 10.1 Å². The lowest BCUT2D eigenvalue weighted by atomic mass is 10.2. The quantitative estimate of drug-likeness (QED) is 0.721. The Bertz CT molecular complexity index is 455. The summed E-state index contributed by atoms with van der Waals surface area (Å²) in [6, 6.07) is 6.88. The van der Waals surface area contributed by atoms with Gasteiger partial charge < -0.3 is 15.8 Å². The highest BCUT2D eigenvalue weighted by molar-refractivity contribution is 5.95. The number of amides is 3. The van der Waals surface area contributed by atoms with Crippen LogP contribution in [-0.4, -0.2) is 24.6 Å². The molecule has 6 nitrogen and oxygen atoms in total. The van der Waals surface area contributed by atoms with E-state index in [-0.39, 0.29) is 12.6 Å². The molecule has 0 atom stereocenters. The Morgan fingerprint density at radius 1 is 1.26 bits per heavy atom. The number of benzene rings is 1. The minimum absolute atomic E-state index is 0.194. The van der Waals surface area contributed by atoms with E-state index in [1.165, 1.54) is 0 Å². The van der Waals surface area contributed by atoms with Crippen molar-refractivity contribution in [3.8, 4) is 5.75 Å². The maximum atomic E-state index is 11.4. The first kappa shape index (κ1) is 13.4. The third-order valence-electron chi connectivity index (χ3n) is 2.69. The maximum absolute atomic E-state index is 11.4. The van der Waals surface area contributed by atoms with Gasteiger partial charge in [0.15, 0.2) is 6.61 Å². The number of nitrogens with one attached hydrogen (secondary N) is 2. The molecule has 0 aromatic heterocycles. The van der Waals surface area contributed by atoms with E-state index in [4.69, 9.17) is 10.5 Å². The zero-order valence-corrected chi connectivity index (χ0v) is 10.5. The maximum Gasteiger partial charge on any atom is 0.321 e. The molecule has 0 heterocycles. The highest BCUT2D eigenvalue weighted by Gasteiger charge is 2.23. The van der Waals surface area contributed by atoms with Crippen molar-refractivity contribution in [1.29, 1.82) is 0 Å². The molecular weight excluding hydrogens is 246 g/mol. The third-order valence-corrected chi connectivity index (χ3v) is 2.69. The van der Waals surface area contributed by atoms with Crippen LogP contribution in [0.1, 0.15) is 18.4 Å². The van der Waals surface area contributed by atoms with Crippen LogP contribution < -0.4 is 21.1 Å². The van der Waals surface area contributed by atoms with Crippen LogP contribution in [0.5, 0.6) is 5.75 Å². The second-order valence-corrected chi connectivity index (χ2v) is 4.43. The van der Waals surface area contributed by atoms with Gasteiger partial charge >= 0.3 is 6.03 Å². The Balaban J connectivity index is 1.71. The predicted octanol–water partition coefficient (Wildman–Crippen LogP) is 0.512. The normalized spacial score (nSPS) is 13.7. The van der Waals surface area contributed by atoms with E-state index in [1.54, 1.807) is 12.1 Å². The molecule has 0 saturated heterocycles. The molecule has 19 heavy (non-hydrogen) atoms. The van der Waals surface area contributed by atoms with Gasteiger partial charge in [0.25, 0.3) is 5.91 Å². The van der Waals surface area contributed by atoms with Gasteiger partial charge in [-0.15, -0.1) is 0 Å². The molecule has 6 heteroatoms. The fraction of sp³-hybridized carbons (Fsp3) is 0.385. The van der Waals surface area contributed by atoms with Crippen molar-refractivity contribution in [2.24, 2.45) is 5.73 Å². The molecule has 2 rings (SSSR count). The standard InChI is InChI=1S/C13H17N3O3/c14-7-9-1-5-11(6-2-9)19-8-12(17)16-13(18)15-10-3-4-10/h1-2,5-6,10H,3-4,7-8,14H2,(H2,15,16,17,18). The zero-order valence-electron chi connectivity index (χ0n) is 10.5. The molecule has 1 aliphatic carbocycles. The van der Waals surface area contributed by atoms with Crippen molar-refractivity contribution < 1.29 is 14.3 Å². The largest absolute Gasteiger partial charge is 0.484 e. The number of rotatable bonds is 5. The summed E-state index contributed by atoms with van der Waals surface area (Å²) in [7, 11) is 0. The molecule has 3 amide bonds. The average Bonchev–Trinajstić information content (AvgIpc) is 3.20. The minimum atomic E-state index is -0.471. The molecule has 0 spiro atoms. The van der Waals surface area contributed by atoms with Gasteiger partial charge in [-0.05, 0) is 30.5 Å². The summed E-state index contributed by atoms with van der Waals surface area (Å²) in [6.45, 7) is 0.266. The molecule has 1 aliphatic rings. The van der Waals surface area contributed by atoms with Gasteiger partial charge in [0.05, 0.1) is 0 Å². The van der Waals surface area contributed by atoms with Gasteiger partial charge in [0, 0.05) is 12.6 Å². The number of urea groups is 1. The van der Waals surface area contributed by atoms with Gasteiger partial charge in [-0.1, -0.05) is 12.1 Å². The molecule has 0 aliphatic heterocycles. The smallest absolute Gasteiger partial charge is 0.321 e. The highest BCUT2D eigenvalue weighted by atomic mass is 16.5. The average molecular weight is 263 g/mol. The van der Waals surface area contributed by atoms with Crippen LogP contribution in [0.3, 0.4) is 0 Å². The molecule has 1 aromatic carbocycles. The van der Waals surface area contributed by atoms with E-state index in [0.717, 1.165) is 18.4 Å². The Morgan fingerprint density at radius 3 is 2.53 bits per heavy atom. The Morgan fingerprint density at radius 2 is 1.95 bits per heavy atom. The lowest BCUT2D eigenvalue weighted by Crippen LogP contribution is -2.42. The molecule has 0 radical (unpaired) electrons. The number of nitrogens with two attached hydrogens (primary N) is 1. The van der Waals surface area contributed by atoms with E-state index < -0.39 is 11.9 Å². The summed E-state index contributed by atoms with van der Waals surface area (Å²) in [5.74, 6) is 0.0935. The van der Waals surface area contributed by atoms with Crippen molar-refractivity contribution in [3.05, 3.63) is 29.8 Å². The van der Waals surface area contributed by atoms with Crippen LogP contribution in [-0.2, 0) is 11.3 Å². The van der Waals surface area contributed by atoms with E-state index in [9.17, 15) is 9.59 Å². The molecular formula is C13H17N3O3. The van der Waals surface area contributed by atoms with Crippen LogP contribution in [0.2, 0.25) is 0 Å². The molecule has 102 valence electrons. The molecule has 1 saturated carbocycles. The van der Waals surface area contributed by atoms with Crippen LogP contribution in [0.15, 0.2) is 24.3 Å². The summed E-state index contributed by atoms with van der Waals surface area (Å²) in [5, 5.41) is 4.87. The molecule has 0 bridgehead atoms. The van der Waals surface area contributed by atoms with Crippen LogP contribution in [0, 0.1) is 0 Å². The van der Waals surface area contributed by atoms with Gasteiger partial charge in [-0.2, -0.15) is 0 Å². The second kappa shape index (κ2) is 6.19. The van der Waals surface area contributed by atoms with Gasteiger partial charge in [0.2, 0.25) is 0 Å². The van der Waals surface area contributed by atoms with Crippen LogP contribution >= 0.6 is 0 Å².